The van der Waals surface area contributed by atoms with Gasteiger partial charge in [0, 0.05) is 6.07 Å². The Morgan fingerprint density at radius 2 is 1.87 bits per heavy atom. The number of hydrogen-bond donors (Lipinski definition) is 1. The molecule has 0 aromatic carbocycles. The highest BCUT2D eigenvalue weighted by molar-refractivity contribution is 5.76. The van der Waals surface area contributed by atoms with E-state index in [2.05, 4.69) is 5.10 Å². The second-order valence-electron chi connectivity index (χ2n) is 6.90. The number of hydrogen-bond acceptors (Lipinski definition) is 4. The van der Waals surface area contributed by atoms with Crippen LogP contribution in [0.15, 0.2) is 17.1 Å². The van der Waals surface area contributed by atoms with Crippen molar-refractivity contribution in [3.63, 3.8) is 0 Å². The summed E-state index contributed by atoms with van der Waals surface area (Å²) in [5.41, 5.74) is -1.70. The lowest BCUT2D eigenvalue weighted by atomic mass is 9.84. The van der Waals surface area contributed by atoms with E-state index in [9.17, 15) is 14.7 Å². The van der Waals surface area contributed by atoms with Crippen LogP contribution in [0.25, 0.3) is 0 Å². The third-order valence-electron chi connectivity index (χ3n) is 5.40. The van der Waals surface area contributed by atoms with Crippen LogP contribution in [0.3, 0.4) is 0 Å². The van der Waals surface area contributed by atoms with E-state index in [1.165, 1.54) is 12.3 Å². The molecule has 1 aromatic rings. The highest BCUT2D eigenvalue weighted by Gasteiger charge is 2.46. The molecule has 1 heterocycles. The number of aliphatic carboxylic acids is 1. The van der Waals surface area contributed by atoms with Crippen LogP contribution in [-0.2, 0) is 10.3 Å². The lowest BCUT2D eigenvalue weighted by Crippen LogP contribution is -2.50. The molecule has 6 nitrogen and oxygen atoms in total. The lowest BCUT2D eigenvalue weighted by Gasteiger charge is -2.32. The van der Waals surface area contributed by atoms with Gasteiger partial charge in [-0.1, -0.05) is 12.8 Å². The van der Waals surface area contributed by atoms with Crippen LogP contribution in [0.1, 0.15) is 58.3 Å². The number of rotatable bonds is 5. The molecule has 126 valence electrons. The molecule has 1 N–H and O–H groups in total. The topological polar surface area (TPSA) is 81.4 Å². The summed E-state index contributed by atoms with van der Waals surface area (Å²) in [5.74, 6) is -0.618. The molecule has 0 saturated heterocycles. The fourth-order valence-electron chi connectivity index (χ4n) is 3.93. The van der Waals surface area contributed by atoms with Crippen LogP contribution in [-0.4, -0.2) is 27.0 Å². The monoisotopic (exact) mass is 320 g/mol. The molecule has 1 unspecified atom stereocenters. The van der Waals surface area contributed by atoms with Crippen molar-refractivity contribution in [1.82, 2.24) is 9.78 Å². The summed E-state index contributed by atoms with van der Waals surface area (Å²) in [5, 5.41) is 13.9. The third-order valence-corrected chi connectivity index (χ3v) is 5.40. The Morgan fingerprint density at radius 1 is 1.26 bits per heavy atom. The maximum absolute atomic E-state index is 12.5. The molecule has 23 heavy (non-hydrogen) atoms. The fraction of sp³-hybridized carbons (Fsp3) is 0.706. The lowest BCUT2D eigenvalue weighted by molar-refractivity contribution is -0.150. The number of carboxylic acid groups (broad SMARTS) is 1. The number of carboxylic acids is 1. The summed E-state index contributed by atoms with van der Waals surface area (Å²) in [6, 6.07) is 1.38. The molecule has 6 heteroatoms. The Labute approximate surface area is 135 Å². The van der Waals surface area contributed by atoms with Crippen LogP contribution >= 0.6 is 0 Å². The maximum Gasteiger partial charge on any atom is 0.331 e. The maximum atomic E-state index is 12.5. The average Bonchev–Trinajstić information content (AvgIpc) is 3.20. The third kappa shape index (κ3) is 2.99. The van der Waals surface area contributed by atoms with Gasteiger partial charge < -0.3 is 9.84 Å². The highest BCUT2D eigenvalue weighted by Crippen LogP contribution is 2.38. The van der Waals surface area contributed by atoms with Crippen molar-refractivity contribution in [2.75, 3.05) is 0 Å². The molecule has 0 radical (unpaired) electrons. The van der Waals surface area contributed by atoms with Crippen LogP contribution in [0.5, 0.6) is 5.75 Å². The molecule has 1 aromatic heterocycles. The molecule has 0 spiro atoms. The van der Waals surface area contributed by atoms with Crippen molar-refractivity contribution in [3.8, 4) is 5.75 Å². The smallest absolute Gasteiger partial charge is 0.331 e. The number of aromatic nitrogens is 2. The second-order valence-corrected chi connectivity index (χ2v) is 6.90. The minimum Gasteiger partial charge on any atom is -0.489 e. The Kier molecular flexibility index (Phi) is 4.41. The molecule has 1 atom stereocenters. The first-order valence-corrected chi connectivity index (χ1v) is 8.51. The Hall–Kier alpha value is -1.85. The standard InChI is InChI=1S/C17H24N2O4/c1-17(16(21)22,12-6-2-3-7-12)19-15(20)10-14(11-18-19)23-13-8-4-5-9-13/h10-13H,2-9H2,1H3,(H,21,22). The van der Waals surface area contributed by atoms with Crippen molar-refractivity contribution in [3.05, 3.63) is 22.6 Å². The van der Waals surface area contributed by atoms with E-state index < -0.39 is 17.1 Å². The van der Waals surface area contributed by atoms with Crippen molar-refractivity contribution in [1.29, 1.82) is 0 Å². The first-order valence-electron chi connectivity index (χ1n) is 8.51. The van der Waals surface area contributed by atoms with E-state index in [4.69, 9.17) is 4.74 Å². The SMILES string of the molecule is CC(C(=O)O)(C1CCCC1)n1ncc(OC2CCCC2)cc1=O. The number of nitrogens with zero attached hydrogens (tertiary/aromatic N) is 2. The zero-order chi connectivity index (χ0) is 16.4. The van der Waals surface area contributed by atoms with Crippen LogP contribution < -0.4 is 10.3 Å². The largest absolute Gasteiger partial charge is 0.489 e. The van der Waals surface area contributed by atoms with Gasteiger partial charge in [0.05, 0.1) is 12.3 Å². The van der Waals surface area contributed by atoms with Gasteiger partial charge in [-0.25, -0.2) is 9.48 Å². The normalized spacial score (nSPS) is 22.1. The minimum atomic E-state index is -1.29. The number of ether oxygens (including phenoxy) is 1. The van der Waals surface area contributed by atoms with Crippen LogP contribution in [0, 0.1) is 5.92 Å². The van der Waals surface area contributed by atoms with Gasteiger partial charge in [-0.3, -0.25) is 4.79 Å². The zero-order valence-corrected chi connectivity index (χ0v) is 13.5. The van der Waals surface area contributed by atoms with Crippen LogP contribution in [0.2, 0.25) is 0 Å². The molecule has 2 aliphatic carbocycles. The first kappa shape index (κ1) is 16.0. The highest BCUT2D eigenvalue weighted by atomic mass is 16.5. The van der Waals surface area contributed by atoms with E-state index in [0.29, 0.717) is 5.75 Å². The van der Waals surface area contributed by atoms with Crippen molar-refractivity contribution in [2.45, 2.75) is 69.9 Å². The summed E-state index contributed by atoms with van der Waals surface area (Å²) in [6.45, 7) is 1.61. The molecular weight excluding hydrogens is 296 g/mol. The van der Waals surface area contributed by atoms with Gasteiger partial charge in [-0.2, -0.15) is 5.10 Å². The molecule has 2 fully saturated rings. The minimum absolute atomic E-state index is 0.0631. The second kappa shape index (κ2) is 6.34. The quantitative estimate of drug-likeness (QED) is 0.901. The van der Waals surface area contributed by atoms with Crippen molar-refractivity contribution >= 4 is 5.97 Å². The molecule has 3 rings (SSSR count). The first-order chi connectivity index (χ1) is 11.0. The van der Waals surface area contributed by atoms with Crippen molar-refractivity contribution in [2.24, 2.45) is 5.92 Å². The van der Waals surface area contributed by atoms with Gasteiger partial charge in [-0.15, -0.1) is 0 Å². The molecule has 0 amide bonds. The van der Waals surface area contributed by atoms with Gasteiger partial charge in [0.1, 0.15) is 5.75 Å². The summed E-state index contributed by atoms with van der Waals surface area (Å²) in [6.07, 6.45) is 9.56. The van der Waals surface area contributed by atoms with Gasteiger partial charge in [-0.05, 0) is 51.4 Å². The van der Waals surface area contributed by atoms with Crippen molar-refractivity contribution < 1.29 is 14.6 Å². The Bertz CT molecular complexity index is 630. The average molecular weight is 320 g/mol. The van der Waals surface area contributed by atoms with E-state index in [-0.39, 0.29) is 12.0 Å². The van der Waals surface area contributed by atoms with E-state index in [1.54, 1.807) is 6.92 Å². The van der Waals surface area contributed by atoms with Gasteiger partial charge in [0.2, 0.25) is 0 Å². The molecule has 2 saturated carbocycles. The zero-order valence-electron chi connectivity index (χ0n) is 13.5. The summed E-state index contributed by atoms with van der Waals surface area (Å²) in [4.78, 5) is 24.4. The van der Waals surface area contributed by atoms with E-state index in [0.717, 1.165) is 56.0 Å². The van der Waals surface area contributed by atoms with Crippen LogP contribution in [0.4, 0.5) is 0 Å². The van der Waals surface area contributed by atoms with E-state index >= 15 is 0 Å². The van der Waals surface area contributed by atoms with Gasteiger partial charge in [0.15, 0.2) is 5.54 Å². The summed E-state index contributed by atoms with van der Waals surface area (Å²) in [7, 11) is 0. The number of carbonyl (C=O) groups is 1. The predicted octanol–water partition coefficient (Wildman–Crippen LogP) is 2.55. The summed E-state index contributed by atoms with van der Waals surface area (Å²) < 4.78 is 6.92. The Balaban J connectivity index is 1.88. The van der Waals surface area contributed by atoms with E-state index in [1.807, 2.05) is 0 Å². The molecular formula is C17H24N2O4. The molecule has 0 bridgehead atoms. The molecule has 0 aliphatic heterocycles. The molecule has 2 aliphatic rings. The summed E-state index contributed by atoms with van der Waals surface area (Å²) >= 11 is 0. The van der Waals surface area contributed by atoms with Gasteiger partial charge >= 0.3 is 5.97 Å². The fourth-order valence-corrected chi connectivity index (χ4v) is 3.93. The predicted molar refractivity (Wildman–Crippen MR) is 84.6 cm³/mol. The van der Waals surface area contributed by atoms with Gasteiger partial charge in [0.25, 0.3) is 5.56 Å². The Morgan fingerprint density at radius 3 is 2.43 bits per heavy atom.